The van der Waals surface area contributed by atoms with Crippen LogP contribution in [0.3, 0.4) is 0 Å². The van der Waals surface area contributed by atoms with Crippen LogP contribution in [0.25, 0.3) is 0 Å². The van der Waals surface area contributed by atoms with Gasteiger partial charge in [0.15, 0.2) is 0 Å². The van der Waals surface area contributed by atoms with Crippen LogP contribution < -0.4 is 5.73 Å². The smallest absolute Gasteiger partial charge is 0.141 e. The molecular formula is C12H18BrN3O2. The van der Waals surface area contributed by atoms with Gasteiger partial charge in [0, 0.05) is 20.1 Å². The third-order valence-electron chi connectivity index (χ3n) is 2.96. The highest BCUT2D eigenvalue weighted by molar-refractivity contribution is 9.10. The van der Waals surface area contributed by atoms with E-state index in [2.05, 4.69) is 25.9 Å². The van der Waals surface area contributed by atoms with Gasteiger partial charge in [-0.25, -0.2) is 9.97 Å². The van der Waals surface area contributed by atoms with E-state index in [0.717, 1.165) is 35.4 Å². The standard InChI is InChI=1S/C12H18BrN3O2/c1-17-7-9-11(13)12(14)16-10(15-9)6-8-4-2-3-5-18-8/h8H,2-7H2,1H3,(H2,14,15,16). The lowest BCUT2D eigenvalue weighted by molar-refractivity contribution is 0.0156. The fraction of sp³-hybridized carbons (Fsp3) is 0.667. The van der Waals surface area contributed by atoms with Gasteiger partial charge in [-0.3, -0.25) is 0 Å². The minimum Gasteiger partial charge on any atom is -0.383 e. The molecule has 1 aliphatic heterocycles. The molecule has 0 aromatic carbocycles. The van der Waals surface area contributed by atoms with E-state index in [1.54, 1.807) is 7.11 Å². The molecule has 0 bridgehead atoms. The fourth-order valence-corrected chi connectivity index (χ4v) is 2.35. The van der Waals surface area contributed by atoms with Crippen LogP contribution in [-0.2, 0) is 22.5 Å². The second-order valence-electron chi connectivity index (χ2n) is 4.41. The van der Waals surface area contributed by atoms with Crippen molar-refractivity contribution < 1.29 is 9.47 Å². The number of ether oxygens (including phenoxy) is 2. The lowest BCUT2D eigenvalue weighted by atomic mass is 10.1. The van der Waals surface area contributed by atoms with Crippen molar-refractivity contribution in [2.24, 2.45) is 0 Å². The first-order chi connectivity index (χ1) is 8.70. The quantitative estimate of drug-likeness (QED) is 0.921. The Kier molecular flexibility index (Phi) is 4.91. The molecule has 18 heavy (non-hydrogen) atoms. The van der Waals surface area contributed by atoms with Gasteiger partial charge in [-0.05, 0) is 35.2 Å². The Bertz CT molecular complexity index is 409. The Morgan fingerprint density at radius 3 is 2.94 bits per heavy atom. The van der Waals surface area contributed by atoms with E-state index in [0.29, 0.717) is 18.8 Å². The molecule has 1 saturated heterocycles. The van der Waals surface area contributed by atoms with Gasteiger partial charge in [0.1, 0.15) is 11.6 Å². The van der Waals surface area contributed by atoms with Gasteiger partial charge in [0.2, 0.25) is 0 Å². The molecule has 0 spiro atoms. The summed E-state index contributed by atoms with van der Waals surface area (Å²) in [5.41, 5.74) is 6.65. The second-order valence-corrected chi connectivity index (χ2v) is 5.20. The third-order valence-corrected chi connectivity index (χ3v) is 3.82. The summed E-state index contributed by atoms with van der Waals surface area (Å²) in [6, 6.07) is 0. The summed E-state index contributed by atoms with van der Waals surface area (Å²) < 4.78 is 11.5. The van der Waals surface area contributed by atoms with Gasteiger partial charge >= 0.3 is 0 Å². The minimum atomic E-state index is 0.217. The summed E-state index contributed by atoms with van der Waals surface area (Å²) in [7, 11) is 1.63. The van der Waals surface area contributed by atoms with Crippen LogP contribution in [0.4, 0.5) is 5.82 Å². The predicted molar refractivity (Wildman–Crippen MR) is 72.2 cm³/mol. The van der Waals surface area contributed by atoms with Crippen LogP contribution in [0, 0.1) is 0 Å². The SMILES string of the molecule is COCc1nc(CC2CCCCO2)nc(N)c1Br. The van der Waals surface area contributed by atoms with Crippen molar-refractivity contribution >= 4 is 21.7 Å². The van der Waals surface area contributed by atoms with Crippen molar-refractivity contribution in [3.63, 3.8) is 0 Å². The average Bonchev–Trinajstić information content (AvgIpc) is 2.37. The Morgan fingerprint density at radius 2 is 2.28 bits per heavy atom. The highest BCUT2D eigenvalue weighted by atomic mass is 79.9. The molecule has 0 amide bonds. The first-order valence-electron chi connectivity index (χ1n) is 6.12. The first-order valence-corrected chi connectivity index (χ1v) is 6.91. The van der Waals surface area contributed by atoms with E-state index >= 15 is 0 Å². The van der Waals surface area contributed by atoms with Crippen LogP contribution in [0.15, 0.2) is 4.47 Å². The van der Waals surface area contributed by atoms with Crippen LogP contribution in [0.2, 0.25) is 0 Å². The highest BCUT2D eigenvalue weighted by Crippen LogP contribution is 2.23. The molecule has 0 aliphatic carbocycles. The molecule has 1 aromatic rings. The molecular weight excluding hydrogens is 298 g/mol. The fourth-order valence-electron chi connectivity index (χ4n) is 2.06. The van der Waals surface area contributed by atoms with Crippen molar-refractivity contribution in [2.75, 3.05) is 19.5 Å². The molecule has 1 aromatic heterocycles. The maximum atomic E-state index is 5.86. The number of rotatable bonds is 4. The van der Waals surface area contributed by atoms with Crippen LogP contribution in [0.5, 0.6) is 0 Å². The zero-order chi connectivity index (χ0) is 13.0. The zero-order valence-electron chi connectivity index (χ0n) is 10.5. The van der Waals surface area contributed by atoms with Gasteiger partial charge in [-0.2, -0.15) is 0 Å². The van der Waals surface area contributed by atoms with E-state index in [-0.39, 0.29) is 6.10 Å². The van der Waals surface area contributed by atoms with E-state index < -0.39 is 0 Å². The molecule has 1 aliphatic rings. The number of nitrogens with two attached hydrogens (primary N) is 1. The number of halogens is 1. The van der Waals surface area contributed by atoms with Gasteiger partial charge < -0.3 is 15.2 Å². The number of hydrogen-bond donors (Lipinski definition) is 1. The molecule has 1 unspecified atom stereocenters. The topological polar surface area (TPSA) is 70.3 Å². The number of aromatic nitrogens is 2. The number of anilines is 1. The van der Waals surface area contributed by atoms with E-state index in [9.17, 15) is 0 Å². The molecule has 0 radical (unpaired) electrons. The molecule has 1 fully saturated rings. The van der Waals surface area contributed by atoms with Crippen molar-refractivity contribution in [3.8, 4) is 0 Å². The normalized spacial score (nSPS) is 20.0. The summed E-state index contributed by atoms with van der Waals surface area (Å²) in [6.07, 6.45) is 4.36. The summed E-state index contributed by atoms with van der Waals surface area (Å²) >= 11 is 3.38. The largest absolute Gasteiger partial charge is 0.383 e. The maximum Gasteiger partial charge on any atom is 0.141 e. The van der Waals surface area contributed by atoms with Crippen molar-refractivity contribution in [3.05, 3.63) is 16.0 Å². The summed E-state index contributed by atoms with van der Waals surface area (Å²) in [5, 5.41) is 0. The molecule has 1 atom stereocenters. The highest BCUT2D eigenvalue weighted by Gasteiger charge is 2.17. The van der Waals surface area contributed by atoms with Gasteiger partial charge in [-0.15, -0.1) is 0 Å². The number of hydrogen-bond acceptors (Lipinski definition) is 5. The van der Waals surface area contributed by atoms with E-state index in [4.69, 9.17) is 15.2 Å². The maximum absolute atomic E-state index is 5.86. The summed E-state index contributed by atoms with van der Waals surface area (Å²) in [5.74, 6) is 1.19. The summed E-state index contributed by atoms with van der Waals surface area (Å²) in [4.78, 5) is 8.77. The lowest BCUT2D eigenvalue weighted by Gasteiger charge is -2.22. The Labute approximate surface area is 115 Å². The van der Waals surface area contributed by atoms with Gasteiger partial charge in [0.25, 0.3) is 0 Å². The summed E-state index contributed by atoms with van der Waals surface area (Å²) in [6.45, 7) is 1.26. The van der Waals surface area contributed by atoms with E-state index in [1.807, 2.05) is 0 Å². The number of nitrogen functional groups attached to an aromatic ring is 1. The Hall–Kier alpha value is -0.720. The Balaban J connectivity index is 2.11. The zero-order valence-corrected chi connectivity index (χ0v) is 12.1. The molecule has 0 saturated carbocycles. The van der Waals surface area contributed by atoms with E-state index in [1.165, 1.54) is 6.42 Å². The predicted octanol–water partition coefficient (Wildman–Crippen LogP) is 2.08. The molecule has 100 valence electrons. The van der Waals surface area contributed by atoms with Crippen LogP contribution in [-0.4, -0.2) is 29.8 Å². The molecule has 2 rings (SSSR count). The number of nitrogens with zero attached hydrogens (tertiary/aromatic N) is 2. The monoisotopic (exact) mass is 315 g/mol. The third kappa shape index (κ3) is 3.40. The second kappa shape index (κ2) is 6.45. The molecule has 6 heteroatoms. The molecule has 2 N–H and O–H groups in total. The minimum absolute atomic E-state index is 0.217. The van der Waals surface area contributed by atoms with Crippen LogP contribution >= 0.6 is 15.9 Å². The molecule has 2 heterocycles. The van der Waals surface area contributed by atoms with Gasteiger partial charge in [0.05, 0.1) is 22.9 Å². The lowest BCUT2D eigenvalue weighted by Crippen LogP contribution is -2.23. The number of methoxy groups -OCH3 is 1. The van der Waals surface area contributed by atoms with Crippen molar-refractivity contribution in [1.82, 2.24) is 9.97 Å². The Morgan fingerprint density at radius 1 is 1.44 bits per heavy atom. The van der Waals surface area contributed by atoms with Crippen molar-refractivity contribution in [1.29, 1.82) is 0 Å². The molecule has 5 nitrogen and oxygen atoms in total. The average molecular weight is 316 g/mol. The first kappa shape index (κ1) is 13.7. The van der Waals surface area contributed by atoms with Gasteiger partial charge in [-0.1, -0.05) is 0 Å². The van der Waals surface area contributed by atoms with Crippen molar-refractivity contribution in [2.45, 2.75) is 38.4 Å². The van der Waals surface area contributed by atoms with Crippen LogP contribution in [0.1, 0.15) is 30.8 Å².